The van der Waals surface area contributed by atoms with E-state index in [1.54, 1.807) is 33.0 Å². The molecule has 0 radical (unpaired) electrons. The van der Waals surface area contributed by atoms with Crippen LogP contribution in [-0.2, 0) is 9.84 Å². The number of hydrogen-bond donors (Lipinski definition) is 0. The lowest BCUT2D eigenvalue weighted by Crippen LogP contribution is -2.46. The van der Waals surface area contributed by atoms with Crippen molar-refractivity contribution in [1.82, 2.24) is 9.88 Å². The Labute approximate surface area is 139 Å². The Morgan fingerprint density at radius 2 is 1.87 bits per heavy atom. The molecule has 0 aliphatic carbocycles. The maximum absolute atomic E-state index is 12.4. The number of terminal acetylenes is 1. The van der Waals surface area contributed by atoms with E-state index in [9.17, 15) is 8.42 Å². The summed E-state index contributed by atoms with van der Waals surface area (Å²) in [7, 11) is -3.40. The molecule has 1 aliphatic rings. The minimum Gasteiger partial charge on any atom is -0.368 e. The number of rotatable bonds is 4. The van der Waals surface area contributed by atoms with Gasteiger partial charge in [-0.1, -0.05) is 0 Å². The van der Waals surface area contributed by atoms with Crippen LogP contribution < -0.4 is 4.90 Å². The molecule has 1 aliphatic heterocycles. The first-order chi connectivity index (χ1) is 10.8. The molecule has 126 valence electrons. The van der Waals surface area contributed by atoms with Crippen molar-refractivity contribution in [1.29, 1.82) is 0 Å². The molecule has 2 rings (SSSR count). The molecule has 5 nitrogen and oxygen atoms in total. The van der Waals surface area contributed by atoms with Gasteiger partial charge in [-0.25, -0.2) is 13.4 Å². The Morgan fingerprint density at radius 1 is 1.22 bits per heavy atom. The SMILES string of the molecule is C#CCCN1CCN(c2ccc(S(=O)(=O)C(C)(C)C)nc2)CC1. The Balaban J connectivity index is 2.03. The fraction of sp³-hybridized carbons (Fsp3) is 0.588. The fourth-order valence-corrected chi connectivity index (χ4v) is 3.55. The number of hydrogen-bond acceptors (Lipinski definition) is 5. The summed E-state index contributed by atoms with van der Waals surface area (Å²) in [5, 5.41) is 0.140. The maximum atomic E-state index is 12.4. The van der Waals surface area contributed by atoms with Crippen LogP contribution in [0.25, 0.3) is 0 Å². The Morgan fingerprint density at radius 3 is 2.35 bits per heavy atom. The summed E-state index contributed by atoms with van der Waals surface area (Å²) in [6, 6.07) is 3.46. The highest BCUT2D eigenvalue weighted by molar-refractivity contribution is 7.92. The lowest BCUT2D eigenvalue weighted by molar-refractivity contribution is 0.264. The second-order valence-corrected chi connectivity index (χ2v) is 9.40. The molecule has 6 heteroatoms. The zero-order valence-corrected chi connectivity index (χ0v) is 14.9. The number of piperazine rings is 1. The molecule has 0 N–H and O–H groups in total. The predicted octanol–water partition coefficient (Wildman–Crippen LogP) is 1.80. The molecule has 1 saturated heterocycles. The van der Waals surface area contributed by atoms with Crippen molar-refractivity contribution in [3.05, 3.63) is 18.3 Å². The molecule has 0 atom stereocenters. The summed E-state index contributed by atoms with van der Waals surface area (Å²) in [6.45, 7) is 9.72. The summed E-state index contributed by atoms with van der Waals surface area (Å²) >= 11 is 0. The molecule has 0 aromatic carbocycles. The van der Waals surface area contributed by atoms with Crippen LogP contribution in [0.5, 0.6) is 0 Å². The Bertz CT molecular complexity index is 661. The highest BCUT2D eigenvalue weighted by Gasteiger charge is 2.32. The van der Waals surface area contributed by atoms with Crippen LogP contribution in [0.2, 0.25) is 0 Å². The molecule has 0 spiro atoms. The van der Waals surface area contributed by atoms with Crippen LogP contribution in [0.4, 0.5) is 5.69 Å². The van der Waals surface area contributed by atoms with Gasteiger partial charge < -0.3 is 4.90 Å². The van der Waals surface area contributed by atoms with E-state index < -0.39 is 14.6 Å². The minimum absolute atomic E-state index is 0.140. The molecule has 0 amide bonds. The first-order valence-electron chi connectivity index (χ1n) is 7.87. The lowest BCUT2D eigenvalue weighted by Gasteiger charge is -2.35. The fourth-order valence-electron chi connectivity index (χ4n) is 2.48. The van der Waals surface area contributed by atoms with Crippen LogP contribution >= 0.6 is 0 Å². The molecule has 23 heavy (non-hydrogen) atoms. The standard InChI is InChI=1S/C17H25N3O2S/c1-5-6-9-19-10-12-20(13-11-19)15-7-8-16(18-14-15)23(21,22)17(2,3)4/h1,7-8,14H,6,9-13H2,2-4H3. The third kappa shape index (κ3) is 4.04. The summed E-state index contributed by atoms with van der Waals surface area (Å²) in [4.78, 5) is 8.77. The molecular formula is C17H25N3O2S. The third-order valence-corrected chi connectivity index (χ3v) is 6.52. The quantitative estimate of drug-likeness (QED) is 0.786. The van der Waals surface area contributed by atoms with Crippen molar-refractivity contribution >= 4 is 15.5 Å². The van der Waals surface area contributed by atoms with Gasteiger partial charge in [0, 0.05) is 39.1 Å². The van der Waals surface area contributed by atoms with E-state index in [4.69, 9.17) is 6.42 Å². The van der Waals surface area contributed by atoms with E-state index in [0.717, 1.165) is 44.8 Å². The maximum Gasteiger partial charge on any atom is 0.200 e. The molecule has 0 bridgehead atoms. The van der Waals surface area contributed by atoms with Gasteiger partial charge in [-0.15, -0.1) is 12.3 Å². The monoisotopic (exact) mass is 335 g/mol. The molecule has 0 saturated carbocycles. The first-order valence-corrected chi connectivity index (χ1v) is 9.35. The highest BCUT2D eigenvalue weighted by Crippen LogP contribution is 2.25. The highest BCUT2D eigenvalue weighted by atomic mass is 32.2. The van der Waals surface area contributed by atoms with Crippen LogP contribution in [-0.4, -0.2) is 55.8 Å². The first kappa shape index (κ1) is 17.8. The van der Waals surface area contributed by atoms with Crippen LogP contribution in [0.3, 0.4) is 0 Å². The van der Waals surface area contributed by atoms with Gasteiger partial charge in [0.05, 0.1) is 16.6 Å². The molecule has 2 heterocycles. The second-order valence-electron chi connectivity index (χ2n) is 6.75. The summed E-state index contributed by atoms with van der Waals surface area (Å²) in [6.07, 6.45) is 7.74. The van der Waals surface area contributed by atoms with E-state index >= 15 is 0 Å². The zero-order chi connectivity index (χ0) is 17.1. The van der Waals surface area contributed by atoms with Crippen molar-refractivity contribution in [2.45, 2.75) is 37.0 Å². The van der Waals surface area contributed by atoms with Crippen molar-refractivity contribution in [3.63, 3.8) is 0 Å². The minimum atomic E-state index is -3.40. The van der Waals surface area contributed by atoms with Crippen molar-refractivity contribution in [2.75, 3.05) is 37.6 Å². The van der Waals surface area contributed by atoms with Gasteiger partial charge in [-0.05, 0) is 32.9 Å². The van der Waals surface area contributed by atoms with Gasteiger partial charge in [0.25, 0.3) is 0 Å². The number of aromatic nitrogens is 1. The molecule has 1 aromatic rings. The Kier molecular flexibility index (Phi) is 5.33. The predicted molar refractivity (Wildman–Crippen MR) is 93.3 cm³/mol. The second kappa shape index (κ2) is 6.90. The molecule has 1 aromatic heterocycles. The molecule has 1 fully saturated rings. The largest absolute Gasteiger partial charge is 0.368 e. The zero-order valence-electron chi connectivity index (χ0n) is 14.1. The van der Waals surface area contributed by atoms with Gasteiger partial charge in [-0.3, -0.25) is 4.90 Å². The smallest absolute Gasteiger partial charge is 0.200 e. The number of sulfone groups is 1. The normalized spacial score (nSPS) is 17.0. The van der Waals surface area contributed by atoms with Gasteiger partial charge in [-0.2, -0.15) is 0 Å². The van der Waals surface area contributed by atoms with E-state index in [2.05, 4.69) is 20.7 Å². The van der Waals surface area contributed by atoms with Crippen molar-refractivity contribution in [3.8, 4) is 12.3 Å². The summed E-state index contributed by atoms with van der Waals surface area (Å²) in [5.74, 6) is 2.67. The number of anilines is 1. The number of pyridine rings is 1. The average Bonchev–Trinajstić information content (AvgIpc) is 2.52. The topological polar surface area (TPSA) is 53.5 Å². The van der Waals surface area contributed by atoms with E-state index in [1.807, 2.05) is 6.07 Å². The van der Waals surface area contributed by atoms with Crippen molar-refractivity contribution < 1.29 is 8.42 Å². The van der Waals surface area contributed by atoms with Gasteiger partial charge in [0.2, 0.25) is 0 Å². The Hall–Kier alpha value is -1.58. The van der Waals surface area contributed by atoms with Crippen molar-refractivity contribution in [2.24, 2.45) is 0 Å². The van der Waals surface area contributed by atoms with Crippen LogP contribution in [0, 0.1) is 12.3 Å². The van der Waals surface area contributed by atoms with E-state index in [0.29, 0.717) is 0 Å². The van der Waals surface area contributed by atoms with Gasteiger partial charge in [0.15, 0.2) is 14.9 Å². The summed E-state index contributed by atoms with van der Waals surface area (Å²) < 4.78 is 23.9. The van der Waals surface area contributed by atoms with Crippen LogP contribution in [0.1, 0.15) is 27.2 Å². The lowest BCUT2D eigenvalue weighted by atomic mass is 10.2. The van der Waals surface area contributed by atoms with E-state index in [-0.39, 0.29) is 5.03 Å². The summed E-state index contributed by atoms with van der Waals surface area (Å²) in [5.41, 5.74) is 0.967. The van der Waals surface area contributed by atoms with Gasteiger partial charge in [0.1, 0.15) is 0 Å². The third-order valence-electron chi connectivity index (χ3n) is 4.11. The molecular weight excluding hydrogens is 310 g/mol. The number of nitrogens with zero attached hydrogens (tertiary/aromatic N) is 3. The van der Waals surface area contributed by atoms with Crippen LogP contribution in [0.15, 0.2) is 23.4 Å². The van der Waals surface area contributed by atoms with Gasteiger partial charge >= 0.3 is 0 Å². The van der Waals surface area contributed by atoms with E-state index in [1.165, 1.54) is 0 Å². The average molecular weight is 335 g/mol. The molecule has 0 unspecified atom stereocenters.